The van der Waals surface area contributed by atoms with Gasteiger partial charge in [-0.25, -0.2) is 0 Å². The van der Waals surface area contributed by atoms with Gasteiger partial charge in [-0.3, -0.25) is 0 Å². The van der Waals surface area contributed by atoms with Crippen LogP contribution in [0.4, 0.5) is 45.5 Å². The molecular formula is C92H67BN4. The molecule has 4 nitrogen and oxygen atoms in total. The predicted molar refractivity (Wildman–Crippen MR) is 402 cm³/mol. The van der Waals surface area contributed by atoms with Crippen LogP contribution in [0, 0.1) is 0 Å². The lowest BCUT2D eigenvalue weighted by Crippen LogP contribution is -2.62. The van der Waals surface area contributed by atoms with E-state index in [0.717, 1.165) is 64.7 Å². The van der Waals surface area contributed by atoms with Crippen molar-refractivity contribution in [1.82, 2.24) is 0 Å². The number of nitrogens with zero attached hydrogens (tertiary/aromatic N) is 4. The number of aryl methyl sites for hydroxylation is 2. The fourth-order valence-electron chi connectivity index (χ4n) is 21.5. The third-order valence-corrected chi connectivity index (χ3v) is 24.9. The lowest BCUT2D eigenvalue weighted by Gasteiger charge is -2.49. The van der Waals surface area contributed by atoms with E-state index in [9.17, 15) is 0 Å². The van der Waals surface area contributed by atoms with Crippen molar-refractivity contribution in [2.24, 2.45) is 0 Å². The van der Waals surface area contributed by atoms with E-state index in [1.165, 1.54) is 197 Å². The highest BCUT2D eigenvalue weighted by Crippen LogP contribution is 2.66. The van der Waals surface area contributed by atoms with Gasteiger partial charge in [0.1, 0.15) is 0 Å². The Morgan fingerprint density at radius 2 is 0.567 bits per heavy atom. The molecule has 4 aliphatic carbocycles. The van der Waals surface area contributed by atoms with Crippen molar-refractivity contribution >= 4 is 68.6 Å². The molecule has 0 bridgehead atoms. The van der Waals surface area contributed by atoms with E-state index in [1.807, 2.05) is 0 Å². The summed E-state index contributed by atoms with van der Waals surface area (Å²) in [5.41, 5.74) is 47.1. The molecule has 0 amide bonds. The number of anilines is 8. The largest absolute Gasteiger partial charge is 0.371 e. The number of benzene rings is 13. The van der Waals surface area contributed by atoms with Gasteiger partial charge in [0.2, 0.25) is 0 Å². The van der Waals surface area contributed by atoms with Crippen molar-refractivity contribution in [2.75, 3.05) is 45.8 Å². The Morgan fingerprint density at radius 3 is 0.938 bits per heavy atom. The standard InChI is InChI=1S/C92H67BN4/c1-9-34-72-62(26-1)63-27-2-10-35-73(63)91(72)76-38-13-5-30-66(76)68-46-44-56(52-78(68)91)60-24-7-15-40-82(60)96-84-42-17-43-85-86(84)93(80-54-58-22-18-48-94-50-20-32-70(87(58)94)89(80)96)81-55-59-23-19-49-95-51-21-33-71(88(59)95)90(81)97(85)83-41-16-8-25-61(83)57-45-47-69-67-31-6-14-39-77(67)92(79(69)53-57)74-36-11-3-28-64(74)65-29-4-12-37-75(65)92/h1-17,24-31,34-47,52-55H,18-23,32-33,48-51H2. The molecular weight excluding hydrogens is 1170 g/mol. The van der Waals surface area contributed by atoms with Gasteiger partial charge in [0.25, 0.3) is 6.71 Å². The van der Waals surface area contributed by atoms with E-state index in [0.29, 0.717) is 0 Å². The first-order valence-corrected chi connectivity index (χ1v) is 35.8. The summed E-state index contributed by atoms with van der Waals surface area (Å²) in [5, 5.41) is 0. The molecule has 2 spiro atoms. The monoisotopic (exact) mass is 1240 g/mol. The van der Waals surface area contributed by atoms with Gasteiger partial charge in [0.15, 0.2) is 0 Å². The normalized spacial score (nSPS) is 16.8. The quantitative estimate of drug-likeness (QED) is 0.163. The number of rotatable bonds is 4. The molecule has 0 atom stereocenters. The summed E-state index contributed by atoms with van der Waals surface area (Å²) >= 11 is 0. The third kappa shape index (κ3) is 6.66. The first kappa shape index (κ1) is 53.4. The molecule has 13 aromatic carbocycles. The number of hydrogen-bond donors (Lipinski definition) is 0. The SMILES string of the molecule is c1ccc(N2c3cccc4c3B(c3cc5c6c(c32)CCCN6CCC5)c2cc3c5c(c2N4c2ccccc2-c2ccc4c(c2)C2(c6ccccc6-c6ccccc62)c2ccccc2-4)CCCN5CCC3)c(-c2ccc3c(c2)C2(c4ccccc4-c4ccccc42)c2ccccc2-3)c1. The van der Waals surface area contributed by atoms with Crippen molar-refractivity contribution in [1.29, 1.82) is 0 Å². The Bertz CT molecular complexity index is 5220. The molecule has 6 aliphatic heterocycles. The Morgan fingerprint density at radius 1 is 0.258 bits per heavy atom. The van der Waals surface area contributed by atoms with Crippen LogP contribution < -0.4 is 36.0 Å². The summed E-state index contributed by atoms with van der Waals surface area (Å²) in [7, 11) is 0. The highest BCUT2D eigenvalue weighted by Gasteiger charge is 2.55. The Hall–Kier alpha value is -10.9. The molecule has 23 rings (SSSR count). The fourth-order valence-corrected chi connectivity index (χ4v) is 21.5. The average Bonchev–Trinajstić information content (AvgIpc) is 1.43. The van der Waals surface area contributed by atoms with Crippen LogP contribution in [0.3, 0.4) is 0 Å². The summed E-state index contributed by atoms with van der Waals surface area (Å²) in [5.74, 6) is 0. The van der Waals surface area contributed by atoms with Gasteiger partial charge in [0, 0.05) is 71.4 Å². The second-order valence-electron chi connectivity index (χ2n) is 29.1. The van der Waals surface area contributed by atoms with Gasteiger partial charge in [-0.15, -0.1) is 0 Å². The molecule has 10 aliphatic rings. The smallest absolute Gasteiger partial charge is 0.252 e. The van der Waals surface area contributed by atoms with Crippen LogP contribution in [0.2, 0.25) is 0 Å². The van der Waals surface area contributed by atoms with Crippen molar-refractivity contribution in [2.45, 2.75) is 62.2 Å². The van der Waals surface area contributed by atoms with E-state index in [1.54, 1.807) is 11.1 Å². The zero-order valence-corrected chi connectivity index (χ0v) is 54.2. The van der Waals surface area contributed by atoms with E-state index in [4.69, 9.17) is 0 Å². The van der Waals surface area contributed by atoms with Gasteiger partial charge in [-0.05, 0) is 227 Å². The zero-order valence-electron chi connectivity index (χ0n) is 54.2. The molecule has 0 fully saturated rings. The number of fused-ring (bicyclic) bond motifs is 26. The van der Waals surface area contributed by atoms with E-state index in [-0.39, 0.29) is 6.71 Å². The maximum absolute atomic E-state index is 2.81. The number of para-hydroxylation sites is 2. The molecule has 458 valence electrons. The highest BCUT2D eigenvalue weighted by molar-refractivity contribution is 7.00. The second-order valence-corrected chi connectivity index (χ2v) is 29.1. The van der Waals surface area contributed by atoms with Crippen molar-refractivity contribution in [3.8, 4) is 66.8 Å². The average molecular weight is 1240 g/mol. The fraction of sp³-hybridized carbons (Fsp3) is 0.152. The van der Waals surface area contributed by atoms with Crippen molar-refractivity contribution in [3.63, 3.8) is 0 Å². The van der Waals surface area contributed by atoms with Crippen LogP contribution in [0.25, 0.3) is 66.8 Å². The van der Waals surface area contributed by atoms with E-state index in [2.05, 4.69) is 280 Å². The summed E-state index contributed by atoms with van der Waals surface area (Å²) in [6.07, 6.45) is 9.00. The maximum atomic E-state index is 2.81. The topological polar surface area (TPSA) is 13.0 Å². The summed E-state index contributed by atoms with van der Waals surface area (Å²) in [6, 6.07) is 102. The van der Waals surface area contributed by atoms with Crippen LogP contribution in [-0.2, 0) is 36.5 Å². The highest BCUT2D eigenvalue weighted by atomic mass is 15.2. The Labute approximate surface area is 567 Å². The minimum Gasteiger partial charge on any atom is -0.371 e. The van der Waals surface area contributed by atoms with Gasteiger partial charge < -0.3 is 19.6 Å². The summed E-state index contributed by atoms with van der Waals surface area (Å²) in [6.45, 7) is 4.49. The minimum atomic E-state index is -0.456. The summed E-state index contributed by atoms with van der Waals surface area (Å²) < 4.78 is 0. The predicted octanol–water partition coefficient (Wildman–Crippen LogP) is 19.2. The van der Waals surface area contributed by atoms with Crippen LogP contribution >= 0.6 is 0 Å². The van der Waals surface area contributed by atoms with E-state index >= 15 is 0 Å². The summed E-state index contributed by atoms with van der Waals surface area (Å²) in [4.78, 5) is 11.2. The Kier molecular flexibility index (Phi) is 10.7. The van der Waals surface area contributed by atoms with Crippen LogP contribution in [0.5, 0.6) is 0 Å². The molecule has 0 saturated carbocycles. The molecule has 0 unspecified atom stereocenters. The van der Waals surface area contributed by atoms with Crippen LogP contribution in [0.1, 0.15) is 92.4 Å². The van der Waals surface area contributed by atoms with E-state index < -0.39 is 10.8 Å². The minimum absolute atomic E-state index is 0.0162. The van der Waals surface area contributed by atoms with Crippen LogP contribution in [-0.4, -0.2) is 32.9 Å². The number of hydrogen-bond acceptors (Lipinski definition) is 4. The molecule has 0 N–H and O–H groups in total. The maximum Gasteiger partial charge on any atom is 0.252 e. The lowest BCUT2D eigenvalue weighted by molar-refractivity contribution is 0.634. The molecule has 6 heterocycles. The zero-order chi connectivity index (χ0) is 63.0. The first-order valence-electron chi connectivity index (χ1n) is 35.8. The van der Waals surface area contributed by atoms with Gasteiger partial charge >= 0.3 is 0 Å². The molecule has 13 aromatic rings. The second kappa shape index (κ2) is 19.4. The Balaban J connectivity index is 0.775. The van der Waals surface area contributed by atoms with Gasteiger partial charge in [-0.2, -0.15) is 0 Å². The van der Waals surface area contributed by atoms with Gasteiger partial charge in [-0.1, -0.05) is 224 Å². The molecule has 0 aromatic heterocycles. The third-order valence-electron chi connectivity index (χ3n) is 24.9. The molecule has 5 heteroatoms. The molecule has 0 saturated heterocycles. The molecule has 97 heavy (non-hydrogen) atoms. The van der Waals surface area contributed by atoms with Crippen LogP contribution in [0.15, 0.2) is 261 Å². The van der Waals surface area contributed by atoms with Crippen molar-refractivity contribution < 1.29 is 0 Å². The molecule has 0 radical (unpaired) electrons. The van der Waals surface area contributed by atoms with Gasteiger partial charge in [0.05, 0.1) is 22.2 Å². The first-order chi connectivity index (χ1) is 48.2. The van der Waals surface area contributed by atoms with Crippen molar-refractivity contribution in [3.05, 3.63) is 328 Å². The lowest BCUT2D eigenvalue weighted by atomic mass is 9.32.